The van der Waals surface area contributed by atoms with E-state index in [1.54, 1.807) is 6.92 Å². The van der Waals surface area contributed by atoms with Gasteiger partial charge in [0.2, 0.25) is 0 Å². The monoisotopic (exact) mass is 195 g/mol. The highest BCUT2D eigenvalue weighted by molar-refractivity contribution is 5.85. The van der Waals surface area contributed by atoms with Crippen molar-refractivity contribution in [2.24, 2.45) is 11.7 Å². The lowest BCUT2D eigenvalue weighted by Gasteiger charge is -2.22. The van der Waals surface area contributed by atoms with Gasteiger partial charge in [0.15, 0.2) is 0 Å². The zero-order valence-corrected chi connectivity index (χ0v) is 8.90. The molecule has 0 spiro atoms. The first-order valence-electron chi connectivity index (χ1n) is 3.77. The van der Waals surface area contributed by atoms with Gasteiger partial charge in [0.1, 0.15) is 5.54 Å². The van der Waals surface area contributed by atoms with E-state index >= 15 is 0 Å². The Kier molecular flexibility index (Phi) is 6.39. The molecule has 74 valence electrons. The summed E-state index contributed by atoms with van der Waals surface area (Å²) in [5.74, 6) is 0.0651. The normalized spacial score (nSPS) is 14.8. The molecule has 0 saturated carbocycles. The molecule has 0 aliphatic carbocycles. The zero-order chi connectivity index (χ0) is 9.07. The topological polar surface area (TPSA) is 52.3 Å². The lowest BCUT2D eigenvalue weighted by Crippen LogP contribution is -2.46. The van der Waals surface area contributed by atoms with E-state index in [1.807, 2.05) is 13.8 Å². The van der Waals surface area contributed by atoms with Crippen LogP contribution < -0.4 is 5.73 Å². The number of carbonyl (C=O) groups is 1. The molecule has 4 heteroatoms. The highest BCUT2D eigenvalue weighted by atomic mass is 35.5. The molecule has 0 radical (unpaired) electrons. The number of carbonyl (C=O) groups excluding carboxylic acids is 1. The van der Waals surface area contributed by atoms with Gasteiger partial charge < -0.3 is 10.5 Å². The van der Waals surface area contributed by atoms with Crippen LogP contribution in [0.3, 0.4) is 0 Å². The zero-order valence-electron chi connectivity index (χ0n) is 8.09. The van der Waals surface area contributed by atoms with E-state index < -0.39 is 5.54 Å². The number of esters is 1. The summed E-state index contributed by atoms with van der Waals surface area (Å²) >= 11 is 0. The number of halogens is 1. The highest BCUT2D eigenvalue weighted by Gasteiger charge is 2.29. The molecule has 2 N–H and O–H groups in total. The molecule has 1 atom stereocenters. The number of hydrogen-bond donors (Lipinski definition) is 1. The summed E-state index contributed by atoms with van der Waals surface area (Å²) in [5, 5.41) is 0. The molecule has 1 unspecified atom stereocenters. The number of nitrogens with two attached hydrogens (primary N) is 1. The Morgan fingerprint density at radius 1 is 1.58 bits per heavy atom. The summed E-state index contributed by atoms with van der Waals surface area (Å²) in [5.41, 5.74) is 4.87. The van der Waals surface area contributed by atoms with Gasteiger partial charge in [-0.15, -0.1) is 12.4 Å². The first kappa shape index (κ1) is 14.3. The van der Waals surface area contributed by atoms with Gasteiger partial charge in [-0.2, -0.15) is 0 Å². The fourth-order valence-electron chi connectivity index (χ4n) is 1.16. The number of rotatable bonds is 3. The van der Waals surface area contributed by atoms with Gasteiger partial charge >= 0.3 is 5.97 Å². The lowest BCUT2D eigenvalue weighted by atomic mass is 9.92. The molecule has 3 nitrogen and oxygen atoms in total. The van der Waals surface area contributed by atoms with E-state index in [0.29, 0.717) is 12.3 Å². The molecule has 0 saturated heterocycles. The quantitative estimate of drug-likeness (QED) is 0.692. The minimum absolute atomic E-state index is 0. The second-order valence-corrected chi connectivity index (χ2v) is 3.51. The third kappa shape index (κ3) is 4.57. The molecule has 0 rings (SSSR count). The molecule has 0 aliphatic heterocycles. The number of methoxy groups -OCH3 is 1. The molecule has 0 amide bonds. The molecule has 0 aromatic carbocycles. The van der Waals surface area contributed by atoms with E-state index in [-0.39, 0.29) is 18.4 Å². The Hall–Kier alpha value is -0.280. The van der Waals surface area contributed by atoms with Gasteiger partial charge in [-0.25, -0.2) is 0 Å². The van der Waals surface area contributed by atoms with Crippen molar-refractivity contribution in [1.29, 1.82) is 0 Å². The molecule has 0 heterocycles. The SMILES string of the molecule is COC(=O)C(C)(N)CC(C)C.Cl. The van der Waals surface area contributed by atoms with Crippen LogP contribution in [0.1, 0.15) is 27.2 Å². The second kappa shape index (κ2) is 5.38. The van der Waals surface area contributed by atoms with E-state index in [0.717, 1.165) is 0 Å². The summed E-state index contributed by atoms with van der Waals surface area (Å²) < 4.78 is 4.55. The van der Waals surface area contributed by atoms with Crippen LogP contribution in [0.25, 0.3) is 0 Å². The minimum atomic E-state index is -0.830. The molecule has 0 fully saturated rings. The average Bonchev–Trinajstić information content (AvgIpc) is 1.83. The van der Waals surface area contributed by atoms with Crippen molar-refractivity contribution < 1.29 is 9.53 Å². The smallest absolute Gasteiger partial charge is 0.325 e. The van der Waals surface area contributed by atoms with E-state index in [4.69, 9.17) is 5.73 Å². The van der Waals surface area contributed by atoms with Gasteiger partial charge in [0, 0.05) is 0 Å². The maximum atomic E-state index is 11.0. The van der Waals surface area contributed by atoms with Gasteiger partial charge in [-0.1, -0.05) is 13.8 Å². The summed E-state index contributed by atoms with van der Waals surface area (Å²) in [6.45, 7) is 5.74. The van der Waals surface area contributed by atoms with Gasteiger partial charge in [-0.3, -0.25) is 4.79 Å². The van der Waals surface area contributed by atoms with Gasteiger partial charge in [0.05, 0.1) is 7.11 Å². The highest BCUT2D eigenvalue weighted by Crippen LogP contribution is 2.14. The Bertz CT molecular complexity index is 146. The Balaban J connectivity index is 0. The third-order valence-corrected chi connectivity index (χ3v) is 1.48. The molecule has 0 aromatic rings. The van der Waals surface area contributed by atoms with Crippen molar-refractivity contribution >= 4 is 18.4 Å². The van der Waals surface area contributed by atoms with E-state index in [2.05, 4.69) is 4.74 Å². The largest absolute Gasteiger partial charge is 0.468 e. The predicted molar refractivity (Wildman–Crippen MR) is 51.3 cm³/mol. The minimum Gasteiger partial charge on any atom is -0.468 e. The third-order valence-electron chi connectivity index (χ3n) is 1.48. The van der Waals surface area contributed by atoms with E-state index in [1.165, 1.54) is 7.11 Å². The van der Waals surface area contributed by atoms with Crippen molar-refractivity contribution in [2.45, 2.75) is 32.7 Å². The Labute approximate surface area is 80.1 Å². The van der Waals surface area contributed by atoms with Crippen LogP contribution in [0.5, 0.6) is 0 Å². The predicted octanol–water partition coefficient (Wildman–Crippen LogP) is 1.34. The van der Waals surface area contributed by atoms with Crippen molar-refractivity contribution in [3.8, 4) is 0 Å². The first-order valence-corrected chi connectivity index (χ1v) is 3.77. The first-order chi connectivity index (χ1) is 4.90. The summed E-state index contributed by atoms with van der Waals surface area (Å²) in [7, 11) is 1.35. The number of hydrogen-bond acceptors (Lipinski definition) is 3. The lowest BCUT2D eigenvalue weighted by molar-refractivity contribution is -0.147. The fraction of sp³-hybridized carbons (Fsp3) is 0.875. The molecule has 0 aromatic heterocycles. The van der Waals surface area contributed by atoms with E-state index in [9.17, 15) is 4.79 Å². The average molecular weight is 196 g/mol. The number of ether oxygens (including phenoxy) is 1. The van der Waals surface area contributed by atoms with Crippen molar-refractivity contribution in [1.82, 2.24) is 0 Å². The fourth-order valence-corrected chi connectivity index (χ4v) is 1.16. The standard InChI is InChI=1S/C8H17NO2.ClH/c1-6(2)5-8(3,9)7(10)11-4;/h6H,5,9H2,1-4H3;1H. The van der Waals surface area contributed by atoms with Crippen LogP contribution in [0.2, 0.25) is 0 Å². The maximum absolute atomic E-state index is 11.0. The van der Waals surface area contributed by atoms with Gasteiger partial charge in [0.25, 0.3) is 0 Å². The van der Waals surface area contributed by atoms with Gasteiger partial charge in [-0.05, 0) is 19.3 Å². The van der Waals surface area contributed by atoms with Crippen LogP contribution in [0.4, 0.5) is 0 Å². The Morgan fingerprint density at radius 3 is 2.25 bits per heavy atom. The summed E-state index contributed by atoms with van der Waals surface area (Å²) in [4.78, 5) is 11.0. The van der Waals surface area contributed by atoms with Crippen LogP contribution in [-0.4, -0.2) is 18.6 Å². The molecule has 0 bridgehead atoms. The summed E-state index contributed by atoms with van der Waals surface area (Å²) in [6.07, 6.45) is 0.652. The second-order valence-electron chi connectivity index (χ2n) is 3.51. The molecular formula is C8H18ClNO2. The molecular weight excluding hydrogens is 178 g/mol. The van der Waals surface area contributed by atoms with Crippen LogP contribution in [-0.2, 0) is 9.53 Å². The van der Waals surface area contributed by atoms with Crippen molar-refractivity contribution in [3.63, 3.8) is 0 Å². The maximum Gasteiger partial charge on any atom is 0.325 e. The van der Waals surface area contributed by atoms with Crippen LogP contribution >= 0.6 is 12.4 Å². The van der Waals surface area contributed by atoms with Crippen LogP contribution in [0.15, 0.2) is 0 Å². The Morgan fingerprint density at radius 2 is 2.00 bits per heavy atom. The summed E-state index contributed by atoms with van der Waals surface area (Å²) in [6, 6.07) is 0. The molecule has 0 aliphatic rings. The molecule has 12 heavy (non-hydrogen) atoms. The van der Waals surface area contributed by atoms with Crippen LogP contribution in [0, 0.1) is 5.92 Å². The van der Waals surface area contributed by atoms with Crippen molar-refractivity contribution in [3.05, 3.63) is 0 Å². The van der Waals surface area contributed by atoms with Crippen molar-refractivity contribution in [2.75, 3.05) is 7.11 Å².